The lowest BCUT2D eigenvalue weighted by atomic mass is 10.1. The van der Waals surface area contributed by atoms with Crippen molar-refractivity contribution < 1.29 is 9.47 Å². The Morgan fingerprint density at radius 2 is 2.05 bits per heavy atom. The molecule has 0 aliphatic heterocycles. The Bertz CT molecular complexity index is 417. The number of hydrogen-bond donors (Lipinski definition) is 1. The summed E-state index contributed by atoms with van der Waals surface area (Å²) in [6.07, 6.45) is 5.93. The molecule has 1 aromatic rings. The number of nitrogens with two attached hydrogens (primary N) is 1. The first kappa shape index (κ1) is 14.5. The fourth-order valence-electron chi connectivity index (χ4n) is 2.60. The minimum atomic E-state index is 0.599. The monoisotopic (exact) mass is 283 g/mol. The molecule has 106 valence electrons. The van der Waals surface area contributed by atoms with Crippen molar-refractivity contribution in [2.24, 2.45) is 11.7 Å². The van der Waals surface area contributed by atoms with Crippen molar-refractivity contribution in [2.45, 2.75) is 32.1 Å². The Labute approximate surface area is 120 Å². The standard InChI is InChI=1S/C15H22ClNO2/c1-18-14-9-12(6-7-17)8-13(16)15(14)19-10-11-4-2-3-5-11/h8-9,11H,2-7,10,17H2,1H3. The van der Waals surface area contributed by atoms with Crippen LogP contribution in [0.1, 0.15) is 31.2 Å². The molecule has 3 nitrogen and oxygen atoms in total. The minimum Gasteiger partial charge on any atom is -0.493 e. The smallest absolute Gasteiger partial charge is 0.179 e. The maximum atomic E-state index is 6.29. The zero-order chi connectivity index (χ0) is 13.7. The van der Waals surface area contributed by atoms with Crippen LogP contribution in [0.5, 0.6) is 11.5 Å². The van der Waals surface area contributed by atoms with Crippen molar-refractivity contribution in [2.75, 3.05) is 20.3 Å². The van der Waals surface area contributed by atoms with Gasteiger partial charge in [-0.15, -0.1) is 0 Å². The third-order valence-corrected chi connectivity index (χ3v) is 3.94. The molecule has 1 aliphatic rings. The SMILES string of the molecule is COc1cc(CCN)cc(Cl)c1OCC1CCCC1. The fraction of sp³-hybridized carbons (Fsp3) is 0.600. The predicted octanol–water partition coefficient (Wildman–Crippen LogP) is 3.42. The lowest BCUT2D eigenvalue weighted by Gasteiger charge is -2.16. The van der Waals surface area contributed by atoms with Gasteiger partial charge in [-0.2, -0.15) is 0 Å². The van der Waals surface area contributed by atoms with E-state index in [2.05, 4.69) is 0 Å². The summed E-state index contributed by atoms with van der Waals surface area (Å²) in [4.78, 5) is 0. The molecule has 0 saturated heterocycles. The zero-order valence-electron chi connectivity index (χ0n) is 11.5. The Morgan fingerprint density at radius 1 is 1.32 bits per heavy atom. The third kappa shape index (κ3) is 3.77. The topological polar surface area (TPSA) is 44.5 Å². The Balaban J connectivity index is 2.09. The van der Waals surface area contributed by atoms with Gasteiger partial charge in [0.1, 0.15) is 0 Å². The van der Waals surface area contributed by atoms with E-state index < -0.39 is 0 Å². The number of methoxy groups -OCH3 is 1. The summed E-state index contributed by atoms with van der Waals surface area (Å²) in [6.45, 7) is 1.33. The lowest BCUT2D eigenvalue weighted by molar-refractivity contribution is 0.241. The van der Waals surface area contributed by atoms with Crippen LogP contribution in [-0.4, -0.2) is 20.3 Å². The number of halogens is 1. The van der Waals surface area contributed by atoms with Crippen LogP contribution in [0.4, 0.5) is 0 Å². The number of ether oxygens (including phenoxy) is 2. The molecular weight excluding hydrogens is 262 g/mol. The van der Waals surface area contributed by atoms with E-state index in [1.165, 1.54) is 25.7 Å². The molecule has 2 rings (SSSR count). The van der Waals surface area contributed by atoms with Gasteiger partial charge in [-0.3, -0.25) is 0 Å². The van der Waals surface area contributed by atoms with Gasteiger partial charge in [0.15, 0.2) is 11.5 Å². The summed E-state index contributed by atoms with van der Waals surface area (Å²) in [5, 5.41) is 0.612. The molecule has 1 aliphatic carbocycles. The quantitative estimate of drug-likeness (QED) is 0.870. The van der Waals surface area contributed by atoms with Crippen molar-refractivity contribution in [3.8, 4) is 11.5 Å². The summed E-state index contributed by atoms with van der Waals surface area (Å²) in [7, 11) is 1.64. The van der Waals surface area contributed by atoms with Crippen LogP contribution in [0.15, 0.2) is 12.1 Å². The molecule has 0 heterocycles. The van der Waals surface area contributed by atoms with Gasteiger partial charge in [0.05, 0.1) is 18.7 Å². The van der Waals surface area contributed by atoms with E-state index in [9.17, 15) is 0 Å². The van der Waals surface area contributed by atoms with E-state index in [1.54, 1.807) is 7.11 Å². The van der Waals surface area contributed by atoms with Crippen LogP contribution in [0.25, 0.3) is 0 Å². The molecule has 0 atom stereocenters. The highest BCUT2D eigenvalue weighted by atomic mass is 35.5. The Morgan fingerprint density at radius 3 is 2.68 bits per heavy atom. The second-order valence-corrected chi connectivity index (χ2v) is 5.52. The zero-order valence-corrected chi connectivity index (χ0v) is 12.2. The summed E-state index contributed by atoms with van der Waals surface area (Å²) in [5.74, 6) is 2.02. The predicted molar refractivity (Wildman–Crippen MR) is 78.2 cm³/mol. The first-order valence-electron chi connectivity index (χ1n) is 6.94. The van der Waals surface area contributed by atoms with Crippen molar-refractivity contribution in [3.63, 3.8) is 0 Å². The van der Waals surface area contributed by atoms with Gasteiger partial charge < -0.3 is 15.2 Å². The van der Waals surface area contributed by atoms with E-state index in [1.807, 2.05) is 12.1 Å². The van der Waals surface area contributed by atoms with Crippen LogP contribution in [0, 0.1) is 5.92 Å². The van der Waals surface area contributed by atoms with Crippen molar-refractivity contribution in [1.82, 2.24) is 0 Å². The van der Waals surface area contributed by atoms with E-state index >= 15 is 0 Å². The van der Waals surface area contributed by atoms with E-state index in [0.29, 0.717) is 29.0 Å². The lowest BCUT2D eigenvalue weighted by Crippen LogP contribution is -2.09. The maximum absolute atomic E-state index is 6.29. The maximum Gasteiger partial charge on any atom is 0.179 e. The normalized spacial score (nSPS) is 15.7. The molecule has 0 unspecified atom stereocenters. The number of hydrogen-bond acceptors (Lipinski definition) is 3. The Kier molecular flexibility index (Phi) is 5.34. The Hall–Kier alpha value is -0.930. The first-order chi connectivity index (χ1) is 9.24. The average Bonchev–Trinajstić information content (AvgIpc) is 2.90. The molecule has 0 amide bonds. The third-order valence-electron chi connectivity index (χ3n) is 3.66. The number of benzene rings is 1. The molecule has 1 aromatic carbocycles. The highest BCUT2D eigenvalue weighted by Crippen LogP contribution is 2.37. The molecule has 4 heteroatoms. The summed E-state index contributed by atoms with van der Waals surface area (Å²) in [5.41, 5.74) is 6.65. The van der Waals surface area contributed by atoms with Crippen LogP contribution < -0.4 is 15.2 Å². The second-order valence-electron chi connectivity index (χ2n) is 5.11. The van der Waals surface area contributed by atoms with Crippen LogP contribution >= 0.6 is 11.6 Å². The average molecular weight is 284 g/mol. The molecule has 0 radical (unpaired) electrons. The minimum absolute atomic E-state index is 0.599. The molecule has 1 saturated carbocycles. The molecule has 2 N–H and O–H groups in total. The largest absolute Gasteiger partial charge is 0.493 e. The molecule has 0 bridgehead atoms. The number of rotatable bonds is 6. The molecular formula is C15H22ClNO2. The molecule has 1 fully saturated rings. The molecule has 0 aromatic heterocycles. The highest BCUT2D eigenvalue weighted by molar-refractivity contribution is 6.32. The second kappa shape index (κ2) is 7.01. The summed E-state index contributed by atoms with van der Waals surface area (Å²) in [6, 6.07) is 3.88. The molecule has 0 spiro atoms. The highest BCUT2D eigenvalue weighted by Gasteiger charge is 2.18. The van der Waals surface area contributed by atoms with Gasteiger partial charge in [-0.25, -0.2) is 0 Å². The van der Waals surface area contributed by atoms with E-state index in [-0.39, 0.29) is 0 Å². The summed E-state index contributed by atoms with van der Waals surface area (Å²) >= 11 is 6.29. The van der Waals surface area contributed by atoms with E-state index in [4.69, 9.17) is 26.8 Å². The van der Waals surface area contributed by atoms with Gasteiger partial charge in [0.2, 0.25) is 0 Å². The van der Waals surface area contributed by atoms with Gasteiger partial charge in [-0.1, -0.05) is 24.4 Å². The fourth-order valence-corrected chi connectivity index (χ4v) is 2.89. The van der Waals surface area contributed by atoms with Crippen LogP contribution in [0.3, 0.4) is 0 Å². The first-order valence-corrected chi connectivity index (χ1v) is 7.31. The van der Waals surface area contributed by atoms with Gasteiger partial charge in [0.25, 0.3) is 0 Å². The summed E-state index contributed by atoms with van der Waals surface area (Å²) < 4.78 is 11.3. The van der Waals surface area contributed by atoms with Crippen LogP contribution in [0.2, 0.25) is 5.02 Å². The van der Waals surface area contributed by atoms with Crippen molar-refractivity contribution in [3.05, 3.63) is 22.7 Å². The van der Waals surface area contributed by atoms with Gasteiger partial charge in [0, 0.05) is 0 Å². The molecule has 19 heavy (non-hydrogen) atoms. The van der Waals surface area contributed by atoms with Crippen LogP contribution in [-0.2, 0) is 6.42 Å². The van der Waals surface area contributed by atoms with Gasteiger partial charge in [-0.05, 0) is 49.4 Å². The van der Waals surface area contributed by atoms with E-state index in [0.717, 1.165) is 18.6 Å². The van der Waals surface area contributed by atoms with Crippen molar-refractivity contribution in [1.29, 1.82) is 0 Å². The van der Waals surface area contributed by atoms with Crippen molar-refractivity contribution >= 4 is 11.6 Å². The van der Waals surface area contributed by atoms with Gasteiger partial charge >= 0.3 is 0 Å².